The lowest BCUT2D eigenvalue weighted by molar-refractivity contribution is 0.508. The van der Waals surface area contributed by atoms with Crippen LogP contribution in [0.15, 0.2) is 35.3 Å². The summed E-state index contributed by atoms with van der Waals surface area (Å²) in [7, 11) is 0. The van der Waals surface area contributed by atoms with Crippen molar-refractivity contribution in [1.29, 1.82) is 0 Å². The van der Waals surface area contributed by atoms with Crippen molar-refractivity contribution >= 4 is 29.9 Å². The third-order valence-corrected chi connectivity index (χ3v) is 1.78. The average Bonchev–Trinajstić information content (AvgIpc) is 2.14. The SMILES string of the molecule is CC(C)(C)NC(N)=NCc1ccccc1.I. The van der Waals surface area contributed by atoms with Crippen LogP contribution >= 0.6 is 24.0 Å². The number of nitrogens with two attached hydrogens (primary N) is 1. The number of hydrogen-bond donors (Lipinski definition) is 2. The summed E-state index contributed by atoms with van der Waals surface area (Å²) >= 11 is 0. The van der Waals surface area contributed by atoms with Crippen molar-refractivity contribution in [2.75, 3.05) is 0 Å². The van der Waals surface area contributed by atoms with Crippen LogP contribution in [0.1, 0.15) is 26.3 Å². The van der Waals surface area contributed by atoms with Crippen LogP contribution in [0.3, 0.4) is 0 Å². The molecule has 16 heavy (non-hydrogen) atoms. The molecule has 1 rings (SSSR count). The molecule has 0 radical (unpaired) electrons. The van der Waals surface area contributed by atoms with Gasteiger partial charge >= 0.3 is 0 Å². The predicted molar refractivity (Wildman–Crippen MR) is 80.1 cm³/mol. The molecule has 0 atom stereocenters. The lowest BCUT2D eigenvalue weighted by Gasteiger charge is -2.20. The Labute approximate surface area is 115 Å². The van der Waals surface area contributed by atoms with E-state index in [1.54, 1.807) is 0 Å². The Morgan fingerprint density at radius 3 is 2.31 bits per heavy atom. The fraction of sp³-hybridized carbons (Fsp3) is 0.417. The highest BCUT2D eigenvalue weighted by Crippen LogP contribution is 2.01. The van der Waals surface area contributed by atoms with E-state index in [4.69, 9.17) is 5.73 Å². The van der Waals surface area contributed by atoms with Crippen LogP contribution in [-0.4, -0.2) is 11.5 Å². The second kappa shape index (κ2) is 6.73. The molecule has 0 aromatic heterocycles. The van der Waals surface area contributed by atoms with Gasteiger partial charge in [-0.1, -0.05) is 30.3 Å². The molecule has 0 spiro atoms. The number of guanidine groups is 1. The highest BCUT2D eigenvalue weighted by molar-refractivity contribution is 14.0. The summed E-state index contributed by atoms with van der Waals surface area (Å²) in [5.41, 5.74) is 6.87. The Hall–Kier alpha value is -0.780. The van der Waals surface area contributed by atoms with Gasteiger partial charge < -0.3 is 11.1 Å². The third kappa shape index (κ3) is 6.66. The molecule has 1 aromatic rings. The van der Waals surface area contributed by atoms with E-state index in [0.717, 1.165) is 5.56 Å². The molecule has 90 valence electrons. The summed E-state index contributed by atoms with van der Waals surface area (Å²) in [6.45, 7) is 6.78. The zero-order chi connectivity index (χ0) is 11.3. The minimum absolute atomic E-state index is 0. The van der Waals surface area contributed by atoms with E-state index in [2.05, 4.69) is 31.1 Å². The molecule has 0 aliphatic heterocycles. The molecule has 3 N–H and O–H groups in total. The first-order chi connectivity index (χ1) is 6.97. The quantitative estimate of drug-likeness (QED) is 0.496. The van der Waals surface area contributed by atoms with Crippen LogP contribution in [0.5, 0.6) is 0 Å². The molecular weight excluding hydrogens is 313 g/mol. The van der Waals surface area contributed by atoms with Gasteiger partial charge in [-0.2, -0.15) is 0 Å². The van der Waals surface area contributed by atoms with E-state index in [-0.39, 0.29) is 29.5 Å². The molecule has 0 saturated heterocycles. The third-order valence-electron chi connectivity index (χ3n) is 1.78. The van der Waals surface area contributed by atoms with E-state index in [0.29, 0.717) is 12.5 Å². The Morgan fingerprint density at radius 1 is 1.25 bits per heavy atom. The number of nitrogens with one attached hydrogen (secondary N) is 1. The van der Waals surface area contributed by atoms with Gasteiger partial charge in [0.25, 0.3) is 0 Å². The topological polar surface area (TPSA) is 50.4 Å². The predicted octanol–water partition coefficient (Wildman–Crippen LogP) is 2.51. The molecule has 4 heteroatoms. The first-order valence-corrected chi connectivity index (χ1v) is 5.09. The molecule has 0 aliphatic carbocycles. The molecule has 0 aliphatic rings. The van der Waals surface area contributed by atoms with Crippen molar-refractivity contribution in [3.05, 3.63) is 35.9 Å². The zero-order valence-electron chi connectivity index (χ0n) is 10.0. The average molecular weight is 333 g/mol. The molecule has 1 aromatic carbocycles. The van der Waals surface area contributed by atoms with Gasteiger partial charge in [-0.05, 0) is 26.3 Å². The van der Waals surface area contributed by atoms with Crippen LogP contribution < -0.4 is 11.1 Å². The number of nitrogens with zero attached hydrogens (tertiary/aromatic N) is 1. The molecule has 3 nitrogen and oxygen atoms in total. The van der Waals surface area contributed by atoms with Gasteiger partial charge in [-0.15, -0.1) is 24.0 Å². The summed E-state index contributed by atoms with van der Waals surface area (Å²) in [5.74, 6) is 0.492. The fourth-order valence-corrected chi connectivity index (χ4v) is 1.18. The second-order valence-electron chi connectivity index (χ2n) is 4.56. The Kier molecular flexibility index (Phi) is 6.40. The van der Waals surface area contributed by atoms with Gasteiger partial charge in [-0.3, -0.25) is 0 Å². The summed E-state index contributed by atoms with van der Waals surface area (Å²) in [6.07, 6.45) is 0. The normalized spacial score (nSPS) is 11.8. The number of benzene rings is 1. The summed E-state index contributed by atoms with van der Waals surface area (Å²) in [4.78, 5) is 4.26. The summed E-state index contributed by atoms with van der Waals surface area (Å²) in [5, 5.41) is 3.12. The van der Waals surface area contributed by atoms with E-state index >= 15 is 0 Å². The standard InChI is InChI=1S/C12H19N3.HI/c1-12(2,3)15-11(13)14-9-10-7-5-4-6-8-10;/h4-8H,9H2,1-3H3,(H3,13,14,15);1H. The first-order valence-electron chi connectivity index (χ1n) is 5.09. The fourth-order valence-electron chi connectivity index (χ4n) is 1.18. The molecule has 0 fully saturated rings. The maximum absolute atomic E-state index is 5.75. The number of hydrogen-bond acceptors (Lipinski definition) is 1. The van der Waals surface area contributed by atoms with Crippen molar-refractivity contribution in [3.63, 3.8) is 0 Å². The van der Waals surface area contributed by atoms with E-state index in [1.807, 2.05) is 30.3 Å². The number of aliphatic imine (C=N–C) groups is 1. The van der Waals surface area contributed by atoms with Gasteiger partial charge in [0.1, 0.15) is 0 Å². The lowest BCUT2D eigenvalue weighted by atomic mass is 10.1. The maximum Gasteiger partial charge on any atom is 0.189 e. The molecule has 0 unspecified atom stereocenters. The molecule has 0 bridgehead atoms. The molecule has 0 heterocycles. The van der Waals surface area contributed by atoms with Crippen molar-refractivity contribution < 1.29 is 0 Å². The van der Waals surface area contributed by atoms with Crippen LogP contribution in [0.25, 0.3) is 0 Å². The summed E-state index contributed by atoms with van der Waals surface area (Å²) < 4.78 is 0. The maximum atomic E-state index is 5.75. The minimum atomic E-state index is -0.0374. The minimum Gasteiger partial charge on any atom is -0.370 e. The Balaban J connectivity index is 0.00000225. The van der Waals surface area contributed by atoms with Crippen LogP contribution in [-0.2, 0) is 6.54 Å². The smallest absolute Gasteiger partial charge is 0.189 e. The van der Waals surface area contributed by atoms with Crippen LogP contribution in [0, 0.1) is 0 Å². The van der Waals surface area contributed by atoms with Crippen molar-refractivity contribution in [2.24, 2.45) is 10.7 Å². The second-order valence-corrected chi connectivity index (χ2v) is 4.56. The van der Waals surface area contributed by atoms with Crippen LogP contribution in [0.4, 0.5) is 0 Å². The molecule has 0 saturated carbocycles. The molecule has 0 amide bonds. The van der Waals surface area contributed by atoms with Crippen molar-refractivity contribution in [1.82, 2.24) is 5.32 Å². The van der Waals surface area contributed by atoms with Gasteiger partial charge in [0, 0.05) is 5.54 Å². The largest absolute Gasteiger partial charge is 0.370 e. The number of halogens is 1. The van der Waals surface area contributed by atoms with Crippen molar-refractivity contribution in [2.45, 2.75) is 32.9 Å². The highest BCUT2D eigenvalue weighted by Gasteiger charge is 2.09. The number of rotatable bonds is 2. The first kappa shape index (κ1) is 15.2. The van der Waals surface area contributed by atoms with Gasteiger partial charge in [0.05, 0.1) is 6.54 Å². The Morgan fingerprint density at radius 2 is 1.81 bits per heavy atom. The van der Waals surface area contributed by atoms with E-state index in [9.17, 15) is 0 Å². The van der Waals surface area contributed by atoms with Crippen molar-refractivity contribution in [3.8, 4) is 0 Å². The summed E-state index contributed by atoms with van der Waals surface area (Å²) in [6, 6.07) is 10.1. The monoisotopic (exact) mass is 333 g/mol. The van der Waals surface area contributed by atoms with Gasteiger partial charge in [-0.25, -0.2) is 4.99 Å². The molecular formula is C12H20IN3. The van der Waals surface area contributed by atoms with E-state index < -0.39 is 0 Å². The Bertz CT molecular complexity index is 328. The lowest BCUT2D eigenvalue weighted by Crippen LogP contribution is -2.44. The van der Waals surface area contributed by atoms with E-state index in [1.165, 1.54) is 0 Å². The zero-order valence-corrected chi connectivity index (χ0v) is 12.4. The van der Waals surface area contributed by atoms with Crippen LogP contribution in [0.2, 0.25) is 0 Å². The van der Waals surface area contributed by atoms with Gasteiger partial charge in [0.15, 0.2) is 5.96 Å². The van der Waals surface area contributed by atoms with Gasteiger partial charge in [0.2, 0.25) is 0 Å². The highest BCUT2D eigenvalue weighted by atomic mass is 127.